The fraction of sp³-hybridized carbons (Fsp3) is 0.333. The molecule has 3 nitrogen and oxygen atoms in total. The first kappa shape index (κ1) is 11.1. The van der Waals surface area contributed by atoms with E-state index < -0.39 is 6.17 Å². The summed E-state index contributed by atoms with van der Waals surface area (Å²) in [6, 6.07) is 2.58. The summed E-state index contributed by atoms with van der Waals surface area (Å²) in [6.45, 7) is -0.175. The molecule has 0 radical (unpaired) electrons. The van der Waals surface area contributed by atoms with E-state index in [1.807, 2.05) is 0 Å². The van der Waals surface area contributed by atoms with E-state index in [0.29, 0.717) is 0 Å². The van der Waals surface area contributed by atoms with Gasteiger partial charge in [-0.15, -0.1) is 0 Å². The van der Waals surface area contributed by atoms with E-state index in [2.05, 4.69) is 0 Å². The topological polar surface area (TPSA) is 55.5 Å². The minimum absolute atomic E-state index is 0.150. The summed E-state index contributed by atoms with van der Waals surface area (Å²) in [5.41, 5.74) is 5.32. The number of nitrogens with two attached hydrogens (primary N) is 1. The molecule has 0 aliphatic heterocycles. The molecule has 1 unspecified atom stereocenters. The Bertz CT molecular complexity index is 333. The summed E-state index contributed by atoms with van der Waals surface area (Å²) in [5.74, 6) is 0.0611. The molecule has 1 atom stereocenters. The molecule has 0 aliphatic carbocycles. The van der Waals surface area contributed by atoms with Crippen molar-refractivity contribution >= 4 is 11.6 Å². The van der Waals surface area contributed by atoms with E-state index in [1.165, 1.54) is 19.2 Å². The second kappa shape index (κ2) is 4.48. The molecule has 1 aromatic carbocycles. The average molecular weight is 220 g/mol. The lowest BCUT2D eigenvalue weighted by Crippen LogP contribution is -2.08. The number of benzene rings is 1. The van der Waals surface area contributed by atoms with E-state index >= 15 is 0 Å². The van der Waals surface area contributed by atoms with Crippen molar-refractivity contribution in [1.82, 2.24) is 0 Å². The lowest BCUT2D eigenvalue weighted by atomic mass is 10.1. The fourth-order valence-corrected chi connectivity index (χ4v) is 1.36. The Balaban J connectivity index is 3.14. The third-order valence-corrected chi connectivity index (χ3v) is 2.17. The summed E-state index contributed by atoms with van der Waals surface area (Å²) in [7, 11) is 1.39. The molecule has 0 saturated heterocycles. The van der Waals surface area contributed by atoms with Crippen LogP contribution >= 0.6 is 11.6 Å². The van der Waals surface area contributed by atoms with Crippen LogP contribution < -0.4 is 10.5 Å². The van der Waals surface area contributed by atoms with Crippen LogP contribution in [-0.2, 0) is 0 Å². The molecule has 3 N–H and O–H groups in total. The zero-order valence-corrected chi connectivity index (χ0v) is 8.38. The molecule has 1 rings (SSSR count). The fourth-order valence-electron chi connectivity index (χ4n) is 1.09. The van der Waals surface area contributed by atoms with Crippen molar-refractivity contribution in [2.24, 2.45) is 5.73 Å². The first-order valence-corrected chi connectivity index (χ1v) is 4.38. The molecule has 0 spiro atoms. The van der Waals surface area contributed by atoms with Gasteiger partial charge in [-0.3, -0.25) is 0 Å². The van der Waals surface area contributed by atoms with Gasteiger partial charge in [0, 0.05) is 18.2 Å². The molecule has 0 aromatic heterocycles. The number of phenolic OH excluding ortho intramolecular Hbond substituents is 1. The highest BCUT2D eigenvalue weighted by Crippen LogP contribution is 2.35. The van der Waals surface area contributed by atoms with Gasteiger partial charge in [-0.05, 0) is 6.07 Å². The number of hydrogen-bond acceptors (Lipinski definition) is 3. The van der Waals surface area contributed by atoms with Crippen LogP contribution in [0.25, 0.3) is 0 Å². The summed E-state index contributed by atoms with van der Waals surface area (Å²) in [6.07, 6.45) is -1.38. The van der Waals surface area contributed by atoms with Crippen molar-refractivity contribution in [3.8, 4) is 11.5 Å². The Morgan fingerprint density at radius 3 is 2.79 bits per heavy atom. The van der Waals surface area contributed by atoms with Crippen LogP contribution in [0.2, 0.25) is 5.02 Å². The highest BCUT2D eigenvalue weighted by atomic mass is 35.5. The van der Waals surface area contributed by atoms with Crippen LogP contribution in [0.15, 0.2) is 12.1 Å². The van der Waals surface area contributed by atoms with Gasteiger partial charge in [0.2, 0.25) is 0 Å². The van der Waals surface area contributed by atoms with Crippen molar-refractivity contribution in [2.45, 2.75) is 6.17 Å². The van der Waals surface area contributed by atoms with Crippen molar-refractivity contribution in [1.29, 1.82) is 0 Å². The number of ether oxygens (including phenoxy) is 1. The van der Waals surface area contributed by atoms with Crippen molar-refractivity contribution in [2.75, 3.05) is 13.7 Å². The minimum atomic E-state index is -1.38. The number of methoxy groups -OCH3 is 1. The lowest BCUT2D eigenvalue weighted by molar-refractivity contribution is 0.346. The summed E-state index contributed by atoms with van der Waals surface area (Å²) in [4.78, 5) is 0. The van der Waals surface area contributed by atoms with E-state index in [1.54, 1.807) is 0 Å². The molecular formula is C9H11ClFNO2. The number of hydrogen-bond donors (Lipinski definition) is 2. The van der Waals surface area contributed by atoms with E-state index in [9.17, 15) is 9.50 Å². The van der Waals surface area contributed by atoms with Crippen molar-refractivity contribution in [3.05, 3.63) is 22.7 Å². The zero-order chi connectivity index (χ0) is 10.7. The number of halogens is 2. The largest absolute Gasteiger partial charge is 0.504 e. The van der Waals surface area contributed by atoms with Crippen LogP contribution in [0.4, 0.5) is 4.39 Å². The lowest BCUT2D eigenvalue weighted by Gasteiger charge is -2.11. The van der Waals surface area contributed by atoms with Crippen LogP contribution in [0.1, 0.15) is 11.7 Å². The van der Waals surface area contributed by atoms with Crippen LogP contribution in [0, 0.1) is 0 Å². The third kappa shape index (κ3) is 2.08. The first-order valence-electron chi connectivity index (χ1n) is 4.00. The Morgan fingerprint density at radius 1 is 1.64 bits per heavy atom. The molecule has 14 heavy (non-hydrogen) atoms. The first-order chi connectivity index (χ1) is 6.60. The van der Waals surface area contributed by atoms with Gasteiger partial charge in [0.15, 0.2) is 11.5 Å². The highest BCUT2D eigenvalue weighted by Gasteiger charge is 2.15. The predicted octanol–water partition coefficient (Wildman–Crippen LogP) is 2.02. The molecule has 0 aliphatic rings. The van der Waals surface area contributed by atoms with Gasteiger partial charge >= 0.3 is 0 Å². The maximum absolute atomic E-state index is 13.2. The van der Waals surface area contributed by atoms with Gasteiger partial charge in [-0.25, -0.2) is 4.39 Å². The molecule has 0 amide bonds. The van der Waals surface area contributed by atoms with Crippen molar-refractivity contribution < 1.29 is 14.2 Å². The second-order valence-electron chi connectivity index (χ2n) is 2.75. The Morgan fingerprint density at radius 2 is 2.29 bits per heavy atom. The second-order valence-corrected chi connectivity index (χ2v) is 3.16. The Labute approximate surface area is 86.2 Å². The molecule has 78 valence electrons. The molecule has 5 heteroatoms. The molecule has 0 bridgehead atoms. The van der Waals surface area contributed by atoms with Gasteiger partial charge in [0.05, 0.1) is 12.1 Å². The molecule has 0 heterocycles. The van der Waals surface area contributed by atoms with Gasteiger partial charge in [0.25, 0.3) is 0 Å². The zero-order valence-electron chi connectivity index (χ0n) is 7.63. The number of rotatable bonds is 3. The predicted molar refractivity (Wildman–Crippen MR) is 52.6 cm³/mol. The molecule has 0 fully saturated rings. The summed E-state index contributed by atoms with van der Waals surface area (Å²) >= 11 is 5.77. The van der Waals surface area contributed by atoms with Crippen molar-refractivity contribution in [3.63, 3.8) is 0 Å². The average Bonchev–Trinajstić information content (AvgIpc) is 2.19. The minimum Gasteiger partial charge on any atom is -0.504 e. The van der Waals surface area contributed by atoms with Gasteiger partial charge < -0.3 is 15.6 Å². The standard InChI is InChI=1S/C9H11ClFNO2/c1-14-9-3-6(10)5(2-8(9)13)7(11)4-12/h2-3,7,13H,4,12H2,1H3. The van der Waals surface area contributed by atoms with E-state index in [0.717, 1.165) is 0 Å². The maximum Gasteiger partial charge on any atom is 0.161 e. The maximum atomic E-state index is 13.2. The van der Waals surface area contributed by atoms with E-state index in [-0.39, 0.29) is 28.6 Å². The monoisotopic (exact) mass is 219 g/mol. The third-order valence-electron chi connectivity index (χ3n) is 1.84. The van der Waals surface area contributed by atoms with Gasteiger partial charge in [-0.1, -0.05) is 11.6 Å². The highest BCUT2D eigenvalue weighted by molar-refractivity contribution is 6.31. The quantitative estimate of drug-likeness (QED) is 0.818. The number of phenols is 1. The van der Waals surface area contributed by atoms with Gasteiger partial charge in [0.1, 0.15) is 6.17 Å². The molecule has 1 aromatic rings. The number of aromatic hydroxyl groups is 1. The Hall–Kier alpha value is -1.00. The van der Waals surface area contributed by atoms with Crippen LogP contribution in [0.5, 0.6) is 11.5 Å². The summed E-state index contributed by atoms with van der Waals surface area (Å²) < 4.78 is 18.0. The summed E-state index contributed by atoms with van der Waals surface area (Å²) in [5, 5.41) is 9.56. The Kier molecular flexibility index (Phi) is 3.55. The molecule has 0 saturated carbocycles. The van der Waals surface area contributed by atoms with Crippen LogP contribution in [0.3, 0.4) is 0 Å². The van der Waals surface area contributed by atoms with Gasteiger partial charge in [-0.2, -0.15) is 0 Å². The van der Waals surface area contributed by atoms with Crippen LogP contribution in [-0.4, -0.2) is 18.8 Å². The normalized spacial score (nSPS) is 12.6. The smallest absolute Gasteiger partial charge is 0.161 e. The van der Waals surface area contributed by atoms with E-state index in [4.69, 9.17) is 22.1 Å². The SMILES string of the molecule is COc1cc(Cl)c(C(F)CN)cc1O. The molecular weight excluding hydrogens is 209 g/mol. The number of alkyl halides is 1.